The van der Waals surface area contributed by atoms with Gasteiger partial charge in [-0.1, -0.05) is 12.5 Å². The second-order valence-corrected chi connectivity index (χ2v) is 5.92. The van der Waals surface area contributed by atoms with Crippen molar-refractivity contribution in [3.05, 3.63) is 28.8 Å². The quantitative estimate of drug-likeness (QED) is 0.828. The summed E-state index contributed by atoms with van der Waals surface area (Å²) in [6.07, 6.45) is 3.85. The van der Waals surface area contributed by atoms with E-state index in [-0.39, 0.29) is 0 Å². The lowest BCUT2D eigenvalue weighted by atomic mass is 9.69. The van der Waals surface area contributed by atoms with Gasteiger partial charge in [0.15, 0.2) is 0 Å². The second-order valence-electron chi connectivity index (χ2n) is 5.92. The molecule has 1 aliphatic rings. The molecular formula is C16H26N2O. The number of hydrogen-bond acceptors (Lipinski definition) is 3. The van der Waals surface area contributed by atoms with Crippen LogP contribution in [0.5, 0.6) is 5.75 Å². The van der Waals surface area contributed by atoms with Crippen molar-refractivity contribution in [2.45, 2.75) is 39.7 Å². The molecule has 0 aliphatic heterocycles. The Morgan fingerprint density at radius 1 is 1.32 bits per heavy atom. The Balaban J connectivity index is 1.99. The van der Waals surface area contributed by atoms with Gasteiger partial charge in [-0.2, -0.15) is 0 Å². The average Bonchev–Trinajstić information content (AvgIpc) is 2.34. The normalized spacial score (nSPS) is 17.1. The van der Waals surface area contributed by atoms with E-state index in [1.54, 1.807) is 7.11 Å². The van der Waals surface area contributed by atoms with E-state index in [1.165, 1.54) is 36.0 Å². The molecule has 1 aromatic rings. The fourth-order valence-corrected chi connectivity index (χ4v) is 2.95. The van der Waals surface area contributed by atoms with Crippen molar-refractivity contribution in [2.75, 3.05) is 20.2 Å². The highest BCUT2D eigenvalue weighted by atomic mass is 16.5. The van der Waals surface area contributed by atoms with Gasteiger partial charge in [-0.15, -0.1) is 0 Å². The minimum Gasteiger partial charge on any atom is -0.496 e. The maximum Gasteiger partial charge on any atom is 0.123 e. The predicted molar refractivity (Wildman–Crippen MR) is 79.5 cm³/mol. The van der Waals surface area contributed by atoms with Gasteiger partial charge in [-0.25, -0.2) is 0 Å². The molecule has 1 aromatic carbocycles. The smallest absolute Gasteiger partial charge is 0.123 e. The van der Waals surface area contributed by atoms with Crippen LogP contribution in [0.15, 0.2) is 12.1 Å². The van der Waals surface area contributed by atoms with Gasteiger partial charge in [0.05, 0.1) is 7.11 Å². The van der Waals surface area contributed by atoms with Gasteiger partial charge in [0.25, 0.3) is 0 Å². The predicted octanol–water partition coefficient (Wildman–Crippen LogP) is 2.53. The number of nitrogens with two attached hydrogens (primary N) is 1. The van der Waals surface area contributed by atoms with Gasteiger partial charge in [-0.05, 0) is 55.8 Å². The van der Waals surface area contributed by atoms with E-state index < -0.39 is 0 Å². The van der Waals surface area contributed by atoms with Crippen molar-refractivity contribution in [3.63, 3.8) is 0 Å². The Labute approximate surface area is 116 Å². The maximum absolute atomic E-state index is 5.89. The summed E-state index contributed by atoms with van der Waals surface area (Å²) in [6, 6.07) is 4.31. The molecule has 3 N–H and O–H groups in total. The molecule has 0 spiro atoms. The van der Waals surface area contributed by atoms with Crippen LogP contribution in [0.25, 0.3) is 0 Å². The molecule has 0 saturated heterocycles. The Morgan fingerprint density at radius 3 is 2.58 bits per heavy atom. The van der Waals surface area contributed by atoms with Crippen molar-refractivity contribution in [1.82, 2.24) is 5.32 Å². The summed E-state index contributed by atoms with van der Waals surface area (Å²) in [7, 11) is 1.74. The van der Waals surface area contributed by atoms with Gasteiger partial charge in [-0.3, -0.25) is 0 Å². The highest BCUT2D eigenvalue weighted by Gasteiger charge is 2.34. The number of nitrogens with one attached hydrogen (secondary N) is 1. The van der Waals surface area contributed by atoms with Gasteiger partial charge in [0, 0.05) is 18.7 Å². The van der Waals surface area contributed by atoms with Crippen LogP contribution in [-0.4, -0.2) is 20.2 Å². The van der Waals surface area contributed by atoms with E-state index in [0.29, 0.717) is 5.41 Å². The van der Waals surface area contributed by atoms with Gasteiger partial charge in [0.2, 0.25) is 0 Å². The summed E-state index contributed by atoms with van der Waals surface area (Å²) in [5.41, 5.74) is 10.0. The number of methoxy groups -OCH3 is 1. The highest BCUT2D eigenvalue weighted by Crippen LogP contribution is 2.39. The zero-order chi connectivity index (χ0) is 13.9. The SMILES string of the molecule is COc1cc(C)cc(C)c1CNCC1(CN)CCC1. The van der Waals surface area contributed by atoms with E-state index in [1.807, 2.05) is 0 Å². The molecule has 106 valence electrons. The summed E-state index contributed by atoms with van der Waals surface area (Å²) in [5, 5.41) is 3.57. The first-order valence-corrected chi connectivity index (χ1v) is 7.15. The number of hydrogen-bond donors (Lipinski definition) is 2. The minimum absolute atomic E-state index is 0.353. The molecule has 1 fully saturated rings. The first-order chi connectivity index (χ1) is 9.10. The van der Waals surface area contributed by atoms with Crippen LogP contribution in [0.1, 0.15) is 36.0 Å². The summed E-state index contributed by atoms with van der Waals surface area (Å²) < 4.78 is 5.49. The van der Waals surface area contributed by atoms with E-state index in [4.69, 9.17) is 10.5 Å². The standard InChI is InChI=1S/C16H26N2O/c1-12-7-13(2)14(15(8-12)19-3)9-18-11-16(10-17)5-4-6-16/h7-8,18H,4-6,9-11,17H2,1-3H3. The Morgan fingerprint density at radius 2 is 2.05 bits per heavy atom. The molecule has 0 aromatic heterocycles. The summed E-state index contributed by atoms with van der Waals surface area (Å²) in [5.74, 6) is 0.986. The van der Waals surface area contributed by atoms with Crippen molar-refractivity contribution < 1.29 is 4.74 Å². The third-order valence-corrected chi connectivity index (χ3v) is 4.45. The van der Waals surface area contributed by atoms with Crippen LogP contribution in [0, 0.1) is 19.3 Å². The first kappa shape index (κ1) is 14.4. The number of aryl methyl sites for hydroxylation is 2. The Kier molecular flexibility index (Phi) is 4.48. The molecule has 0 amide bonds. The third-order valence-electron chi connectivity index (χ3n) is 4.45. The molecule has 1 aliphatic carbocycles. The van der Waals surface area contributed by atoms with E-state index >= 15 is 0 Å². The van der Waals surface area contributed by atoms with Crippen molar-refractivity contribution >= 4 is 0 Å². The molecule has 0 heterocycles. The molecule has 0 bridgehead atoms. The molecule has 3 heteroatoms. The van der Waals surface area contributed by atoms with Crippen LogP contribution < -0.4 is 15.8 Å². The average molecular weight is 262 g/mol. The van der Waals surface area contributed by atoms with E-state index in [9.17, 15) is 0 Å². The lowest BCUT2D eigenvalue weighted by molar-refractivity contribution is 0.140. The number of benzene rings is 1. The summed E-state index contributed by atoms with van der Waals surface area (Å²) >= 11 is 0. The van der Waals surface area contributed by atoms with E-state index in [2.05, 4.69) is 31.3 Å². The maximum atomic E-state index is 5.89. The van der Waals surface area contributed by atoms with Crippen molar-refractivity contribution in [1.29, 1.82) is 0 Å². The second kappa shape index (κ2) is 5.93. The molecule has 0 atom stereocenters. The largest absolute Gasteiger partial charge is 0.496 e. The van der Waals surface area contributed by atoms with Crippen LogP contribution in [0.2, 0.25) is 0 Å². The lowest BCUT2D eigenvalue weighted by Gasteiger charge is -2.41. The Hall–Kier alpha value is -1.06. The van der Waals surface area contributed by atoms with Gasteiger partial charge < -0.3 is 15.8 Å². The molecule has 1 saturated carbocycles. The number of ether oxygens (including phenoxy) is 1. The highest BCUT2D eigenvalue weighted by molar-refractivity contribution is 5.42. The third kappa shape index (κ3) is 3.10. The molecule has 0 unspecified atom stereocenters. The fraction of sp³-hybridized carbons (Fsp3) is 0.625. The zero-order valence-corrected chi connectivity index (χ0v) is 12.4. The van der Waals surface area contributed by atoms with Crippen LogP contribution in [0.4, 0.5) is 0 Å². The van der Waals surface area contributed by atoms with Crippen molar-refractivity contribution in [3.8, 4) is 5.75 Å². The monoisotopic (exact) mass is 262 g/mol. The minimum atomic E-state index is 0.353. The van der Waals surface area contributed by atoms with E-state index in [0.717, 1.165) is 25.4 Å². The fourth-order valence-electron chi connectivity index (χ4n) is 2.95. The van der Waals surface area contributed by atoms with Crippen molar-refractivity contribution in [2.24, 2.45) is 11.1 Å². The van der Waals surface area contributed by atoms with Crippen LogP contribution in [0.3, 0.4) is 0 Å². The molecule has 0 radical (unpaired) electrons. The summed E-state index contributed by atoms with van der Waals surface area (Å²) in [4.78, 5) is 0. The topological polar surface area (TPSA) is 47.3 Å². The molecule has 3 nitrogen and oxygen atoms in total. The molecule has 19 heavy (non-hydrogen) atoms. The number of rotatable bonds is 6. The molecular weight excluding hydrogens is 236 g/mol. The zero-order valence-electron chi connectivity index (χ0n) is 12.4. The summed E-state index contributed by atoms with van der Waals surface area (Å²) in [6.45, 7) is 6.92. The van der Waals surface area contributed by atoms with Crippen LogP contribution >= 0.6 is 0 Å². The first-order valence-electron chi connectivity index (χ1n) is 7.15. The van der Waals surface area contributed by atoms with Crippen LogP contribution in [-0.2, 0) is 6.54 Å². The lowest BCUT2D eigenvalue weighted by Crippen LogP contribution is -2.45. The van der Waals surface area contributed by atoms with Gasteiger partial charge >= 0.3 is 0 Å². The Bertz CT molecular complexity index is 433. The van der Waals surface area contributed by atoms with Gasteiger partial charge in [0.1, 0.15) is 5.75 Å². The molecule has 2 rings (SSSR count).